The Balaban J connectivity index is 1.70. The Labute approximate surface area is 170 Å². The third kappa shape index (κ3) is 3.98. The molecule has 0 saturated carbocycles. The molecule has 2 N–H and O–H groups in total. The number of benzene rings is 2. The van der Waals surface area contributed by atoms with Crippen LogP contribution in [-0.4, -0.2) is 15.3 Å². The molecule has 0 spiro atoms. The fourth-order valence-electron chi connectivity index (χ4n) is 3.24. The molecule has 8 heteroatoms. The van der Waals surface area contributed by atoms with Crippen LogP contribution in [0.5, 0.6) is 0 Å². The molecule has 0 aliphatic heterocycles. The topological polar surface area (TPSA) is 58.4 Å². The van der Waals surface area contributed by atoms with E-state index in [0.29, 0.717) is 22.7 Å². The van der Waals surface area contributed by atoms with Gasteiger partial charge in [0.15, 0.2) is 5.82 Å². The molecule has 4 rings (SSSR count). The van der Waals surface area contributed by atoms with Crippen LogP contribution in [0.15, 0.2) is 73.1 Å². The number of carbonyl (C=O) groups excluding carboxylic acids is 1. The molecule has 0 fully saturated rings. The van der Waals surface area contributed by atoms with Gasteiger partial charge in [-0.1, -0.05) is 18.2 Å². The standard InChI is InChI=1S/C22H17F3N4O/c1-14(30)27-17-6-2-4-15(12-17)19-8-9-20-21(26-10-11-29(19)20)28-18-7-3-5-16(13-18)22(23,24)25/h2-13H,1H3,(H,26,28)(H,27,30). The zero-order valence-electron chi connectivity index (χ0n) is 15.9. The lowest BCUT2D eigenvalue weighted by Crippen LogP contribution is -2.06. The smallest absolute Gasteiger partial charge is 0.338 e. The lowest BCUT2D eigenvalue weighted by Gasteiger charge is -2.12. The van der Waals surface area contributed by atoms with E-state index in [9.17, 15) is 18.0 Å². The number of halogens is 3. The SMILES string of the molecule is CC(=O)Nc1cccc(-c2ccc3c(Nc4cccc(C(F)(F)F)c4)nccn23)c1. The second-order valence-electron chi connectivity index (χ2n) is 6.72. The number of fused-ring (bicyclic) bond motifs is 1. The normalized spacial score (nSPS) is 11.5. The molecule has 2 aromatic heterocycles. The summed E-state index contributed by atoms with van der Waals surface area (Å²) in [4.78, 5) is 15.6. The second-order valence-corrected chi connectivity index (χ2v) is 6.72. The van der Waals surface area contributed by atoms with Gasteiger partial charge in [0.2, 0.25) is 5.91 Å². The van der Waals surface area contributed by atoms with Crippen molar-refractivity contribution in [1.29, 1.82) is 0 Å². The first-order chi connectivity index (χ1) is 14.3. The van der Waals surface area contributed by atoms with Gasteiger partial charge in [-0.2, -0.15) is 13.2 Å². The van der Waals surface area contributed by atoms with Crippen molar-refractivity contribution in [3.8, 4) is 11.3 Å². The predicted molar refractivity (Wildman–Crippen MR) is 110 cm³/mol. The molecule has 0 unspecified atom stereocenters. The van der Waals surface area contributed by atoms with Crippen LogP contribution >= 0.6 is 0 Å². The van der Waals surface area contributed by atoms with Crippen LogP contribution in [0.3, 0.4) is 0 Å². The number of nitrogens with one attached hydrogen (secondary N) is 2. The number of amides is 1. The van der Waals surface area contributed by atoms with E-state index in [1.807, 2.05) is 34.7 Å². The van der Waals surface area contributed by atoms with E-state index in [-0.39, 0.29) is 5.91 Å². The molecular formula is C22H17F3N4O. The largest absolute Gasteiger partial charge is 0.416 e. The highest BCUT2D eigenvalue weighted by atomic mass is 19.4. The van der Waals surface area contributed by atoms with E-state index >= 15 is 0 Å². The molecule has 0 saturated heterocycles. The van der Waals surface area contributed by atoms with Gasteiger partial charge in [0.1, 0.15) is 0 Å². The highest BCUT2D eigenvalue weighted by molar-refractivity contribution is 5.89. The third-order valence-electron chi connectivity index (χ3n) is 4.51. The number of anilines is 3. The average Bonchev–Trinajstić information content (AvgIpc) is 3.12. The molecular weight excluding hydrogens is 393 g/mol. The van der Waals surface area contributed by atoms with E-state index in [4.69, 9.17) is 0 Å². The van der Waals surface area contributed by atoms with Crippen LogP contribution in [0, 0.1) is 0 Å². The quantitative estimate of drug-likeness (QED) is 0.452. The van der Waals surface area contributed by atoms with Crippen molar-refractivity contribution in [2.45, 2.75) is 13.1 Å². The maximum atomic E-state index is 13.0. The van der Waals surface area contributed by atoms with Crippen molar-refractivity contribution in [1.82, 2.24) is 9.38 Å². The number of carbonyl (C=O) groups is 1. The molecule has 0 bridgehead atoms. The molecule has 30 heavy (non-hydrogen) atoms. The van der Waals surface area contributed by atoms with E-state index in [2.05, 4.69) is 15.6 Å². The molecule has 0 radical (unpaired) electrons. The molecule has 0 aliphatic rings. The summed E-state index contributed by atoms with van der Waals surface area (Å²) in [5, 5.41) is 5.72. The Kier molecular flexibility index (Phi) is 4.91. The fourth-order valence-corrected chi connectivity index (χ4v) is 3.24. The fraction of sp³-hybridized carbons (Fsp3) is 0.0909. The Morgan fingerprint density at radius 2 is 1.77 bits per heavy atom. The predicted octanol–water partition coefficient (Wildman–Crippen LogP) is 5.72. The molecule has 2 aromatic carbocycles. The monoisotopic (exact) mass is 410 g/mol. The third-order valence-corrected chi connectivity index (χ3v) is 4.51. The number of aromatic nitrogens is 2. The van der Waals surface area contributed by atoms with Crippen molar-refractivity contribution >= 4 is 28.6 Å². The number of hydrogen-bond donors (Lipinski definition) is 2. The van der Waals surface area contributed by atoms with Crippen molar-refractivity contribution in [3.63, 3.8) is 0 Å². The summed E-state index contributed by atoms with van der Waals surface area (Å²) in [5.41, 5.74) is 2.66. The zero-order valence-corrected chi connectivity index (χ0v) is 15.9. The first kappa shape index (κ1) is 19.5. The van der Waals surface area contributed by atoms with Crippen molar-refractivity contribution in [2.24, 2.45) is 0 Å². The van der Waals surface area contributed by atoms with Gasteiger partial charge in [-0.25, -0.2) is 4.98 Å². The summed E-state index contributed by atoms with van der Waals surface area (Å²) < 4.78 is 40.9. The molecule has 2 heterocycles. The van der Waals surface area contributed by atoms with E-state index in [1.54, 1.807) is 24.5 Å². The second kappa shape index (κ2) is 7.55. The number of nitrogens with zero attached hydrogens (tertiary/aromatic N) is 2. The van der Waals surface area contributed by atoms with Gasteiger partial charge in [0.05, 0.1) is 16.8 Å². The van der Waals surface area contributed by atoms with Crippen LogP contribution < -0.4 is 10.6 Å². The zero-order chi connectivity index (χ0) is 21.3. The van der Waals surface area contributed by atoms with E-state index < -0.39 is 11.7 Å². The van der Waals surface area contributed by atoms with Gasteiger partial charge in [-0.05, 0) is 42.5 Å². The minimum atomic E-state index is -4.42. The minimum absolute atomic E-state index is 0.163. The Morgan fingerprint density at radius 1 is 1.00 bits per heavy atom. The summed E-state index contributed by atoms with van der Waals surface area (Å²) in [7, 11) is 0. The van der Waals surface area contributed by atoms with Crippen LogP contribution in [0.4, 0.5) is 30.4 Å². The van der Waals surface area contributed by atoms with Crippen molar-refractivity contribution < 1.29 is 18.0 Å². The molecule has 0 atom stereocenters. The molecule has 4 aromatic rings. The van der Waals surface area contributed by atoms with Gasteiger partial charge < -0.3 is 15.0 Å². The minimum Gasteiger partial charge on any atom is -0.338 e. The van der Waals surface area contributed by atoms with Gasteiger partial charge in [0, 0.05) is 36.3 Å². The summed E-state index contributed by atoms with van der Waals surface area (Å²) in [6.07, 6.45) is -1.07. The van der Waals surface area contributed by atoms with Crippen LogP contribution in [0.2, 0.25) is 0 Å². The highest BCUT2D eigenvalue weighted by Gasteiger charge is 2.30. The van der Waals surface area contributed by atoms with Crippen LogP contribution in [0.1, 0.15) is 12.5 Å². The average molecular weight is 410 g/mol. The Morgan fingerprint density at radius 3 is 2.53 bits per heavy atom. The highest BCUT2D eigenvalue weighted by Crippen LogP contribution is 2.32. The van der Waals surface area contributed by atoms with Gasteiger partial charge >= 0.3 is 6.18 Å². The van der Waals surface area contributed by atoms with Crippen molar-refractivity contribution in [2.75, 3.05) is 10.6 Å². The summed E-state index contributed by atoms with van der Waals surface area (Å²) in [5.74, 6) is 0.269. The molecule has 0 aliphatic carbocycles. The maximum absolute atomic E-state index is 13.0. The molecule has 5 nitrogen and oxygen atoms in total. The van der Waals surface area contributed by atoms with Gasteiger partial charge in [0.25, 0.3) is 0 Å². The van der Waals surface area contributed by atoms with Gasteiger partial charge in [-0.3, -0.25) is 4.79 Å². The Hall–Kier alpha value is -3.81. The van der Waals surface area contributed by atoms with Gasteiger partial charge in [-0.15, -0.1) is 0 Å². The summed E-state index contributed by atoms with van der Waals surface area (Å²) in [6, 6.07) is 16.1. The lowest BCUT2D eigenvalue weighted by atomic mass is 10.1. The maximum Gasteiger partial charge on any atom is 0.416 e. The number of rotatable bonds is 4. The molecule has 1 amide bonds. The molecule has 152 valence electrons. The first-order valence-corrected chi connectivity index (χ1v) is 9.10. The van der Waals surface area contributed by atoms with E-state index in [1.165, 1.54) is 13.0 Å². The van der Waals surface area contributed by atoms with Crippen molar-refractivity contribution in [3.05, 3.63) is 78.6 Å². The number of alkyl halides is 3. The number of hydrogen-bond acceptors (Lipinski definition) is 3. The van der Waals surface area contributed by atoms with Crippen LogP contribution in [0.25, 0.3) is 16.8 Å². The van der Waals surface area contributed by atoms with Crippen LogP contribution in [-0.2, 0) is 11.0 Å². The summed E-state index contributed by atoms with van der Waals surface area (Å²) in [6.45, 7) is 1.44. The summed E-state index contributed by atoms with van der Waals surface area (Å²) >= 11 is 0. The Bertz CT molecular complexity index is 1230. The first-order valence-electron chi connectivity index (χ1n) is 9.10. The lowest BCUT2D eigenvalue weighted by molar-refractivity contribution is -0.137. The van der Waals surface area contributed by atoms with E-state index in [0.717, 1.165) is 23.4 Å².